The van der Waals surface area contributed by atoms with E-state index in [1.165, 1.54) is 19.3 Å². The van der Waals surface area contributed by atoms with Gasteiger partial charge < -0.3 is 10.2 Å². The molecule has 4 nitrogen and oxygen atoms in total. The quantitative estimate of drug-likeness (QED) is 0.810. The van der Waals surface area contributed by atoms with E-state index >= 15 is 0 Å². The van der Waals surface area contributed by atoms with Crippen LogP contribution >= 0.6 is 0 Å². The van der Waals surface area contributed by atoms with Crippen LogP contribution in [0.5, 0.6) is 0 Å². The Morgan fingerprint density at radius 3 is 2.67 bits per heavy atom. The smallest absolute Gasteiger partial charge is 0.247 e. The van der Waals surface area contributed by atoms with Crippen LogP contribution in [-0.4, -0.2) is 35.3 Å². The Morgan fingerprint density at radius 1 is 1.33 bits per heavy atom. The molecule has 1 N–H and O–H groups in total. The van der Waals surface area contributed by atoms with Crippen LogP contribution in [0, 0.1) is 11.8 Å². The summed E-state index contributed by atoms with van der Waals surface area (Å²) in [5.41, 5.74) is -0.755. The summed E-state index contributed by atoms with van der Waals surface area (Å²) in [5, 5.41) is 2.80. The number of carbonyl (C=O) groups is 2. The number of carbonyl (C=O) groups excluding carboxylic acids is 2. The number of nitrogens with zero attached hydrogens (tertiary/aromatic N) is 1. The Balaban J connectivity index is 2.06. The summed E-state index contributed by atoms with van der Waals surface area (Å²) in [6.45, 7) is 7.25. The molecule has 4 heteroatoms. The van der Waals surface area contributed by atoms with Gasteiger partial charge in [0.05, 0.1) is 0 Å². The molecule has 0 spiro atoms. The molecule has 0 radical (unpaired) electrons. The molecular formula is C14H24N2O2. The number of rotatable bonds is 2. The second kappa shape index (κ2) is 4.90. The van der Waals surface area contributed by atoms with E-state index in [1.54, 1.807) is 13.8 Å². The minimum atomic E-state index is -0.755. The van der Waals surface area contributed by atoms with Crippen molar-refractivity contribution in [2.24, 2.45) is 11.8 Å². The van der Waals surface area contributed by atoms with Gasteiger partial charge in [0.2, 0.25) is 11.8 Å². The number of amides is 2. The second-order valence-electron chi connectivity index (χ2n) is 6.34. The molecule has 0 aromatic rings. The van der Waals surface area contributed by atoms with E-state index < -0.39 is 5.54 Å². The lowest BCUT2D eigenvalue weighted by Crippen LogP contribution is -2.53. The molecule has 0 bridgehead atoms. The average Bonchev–Trinajstić information content (AvgIpc) is 2.64. The van der Waals surface area contributed by atoms with Gasteiger partial charge in [0.25, 0.3) is 0 Å². The van der Waals surface area contributed by atoms with Gasteiger partial charge in [0.15, 0.2) is 0 Å². The zero-order chi connectivity index (χ0) is 13.3. The maximum atomic E-state index is 12.4. The van der Waals surface area contributed by atoms with Crippen LogP contribution in [0.25, 0.3) is 0 Å². The third kappa shape index (κ3) is 2.68. The Hall–Kier alpha value is -1.06. The fourth-order valence-electron chi connectivity index (χ4n) is 3.15. The van der Waals surface area contributed by atoms with Gasteiger partial charge in [-0.15, -0.1) is 0 Å². The van der Waals surface area contributed by atoms with Crippen LogP contribution in [-0.2, 0) is 9.59 Å². The lowest BCUT2D eigenvalue weighted by atomic mass is 9.96. The fraction of sp³-hybridized carbons (Fsp3) is 0.857. The third-order valence-corrected chi connectivity index (χ3v) is 4.38. The molecule has 1 saturated heterocycles. The van der Waals surface area contributed by atoms with E-state index in [-0.39, 0.29) is 11.8 Å². The first kappa shape index (κ1) is 13.4. The molecule has 2 aliphatic rings. The van der Waals surface area contributed by atoms with Gasteiger partial charge in [-0.05, 0) is 32.1 Å². The van der Waals surface area contributed by atoms with E-state index in [0.29, 0.717) is 24.8 Å². The zero-order valence-corrected chi connectivity index (χ0v) is 11.7. The summed E-state index contributed by atoms with van der Waals surface area (Å²) >= 11 is 0. The second-order valence-corrected chi connectivity index (χ2v) is 6.34. The topological polar surface area (TPSA) is 49.4 Å². The van der Waals surface area contributed by atoms with Gasteiger partial charge in [-0.2, -0.15) is 0 Å². The van der Waals surface area contributed by atoms with E-state index in [4.69, 9.17) is 0 Å². The van der Waals surface area contributed by atoms with Crippen LogP contribution in [0.2, 0.25) is 0 Å². The van der Waals surface area contributed by atoms with Gasteiger partial charge in [-0.1, -0.05) is 19.8 Å². The van der Waals surface area contributed by atoms with Crippen molar-refractivity contribution in [3.8, 4) is 0 Å². The van der Waals surface area contributed by atoms with Gasteiger partial charge in [-0.25, -0.2) is 0 Å². The van der Waals surface area contributed by atoms with Crippen molar-refractivity contribution in [3.63, 3.8) is 0 Å². The predicted molar refractivity (Wildman–Crippen MR) is 69.9 cm³/mol. The van der Waals surface area contributed by atoms with Crippen molar-refractivity contribution in [2.75, 3.05) is 13.1 Å². The molecule has 102 valence electrons. The highest BCUT2D eigenvalue weighted by molar-refractivity contribution is 5.92. The zero-order valence-electron chi connectivity index (χ0n) is 11.7. The monoisotopic (exact) mass is 252 g/mol. The van der Waals surface area contributed by atoms with Crippen molar-refractivity contribution in [1.29, 1.82) is 0 Å². The van der Waals surface area contributed by atoms with E-state index in [2.05, 4.69) is 12.2 Å². The summed E-state index contributed by atoms with van der Waals surface area (Å²) < 4.78 is 0. The van der Waals surface area contributed by atoms with Gasteiger partial charge in [0, 0.05) is 19.5 Å². The minimum Gasteiger partial charge on any atom is -0.342 e. The standard InChI is InChI=1S/C14H24N2O2/c1-10-5-4-6-11(10)9-16-8-7-12(17)15-14(2,3)13(16)18/h10-11H,4-9H2,1-3H3,(H,15,17). The maximum absolute atomic E-state index is 12.4. The molecule has 2 unspecified atom stereocenters. The van der Waals surface area contributed by atoms with Gasteiger partial charge in [0.1, 0.15) is 5.54 Å². The van der Waals surface area contributed by atoms with Crippen LogP contribution < -0.4 is 5.32 Å². The molecule has 1 heterocycles. The molecule has 0 aromatic carbocycles. The summed E-state index contributed by atoms with van der Waals surface area (Å²) in [6, 6.07) is 0. The van der Waals surface area contributed by atoms with Crippen molar-refractivity contribution in [1.82, 2.24) is 10.2 Å². The summed E-state index contributed by atoms with van der Waals surface area (Å²) in [4.78, 5) is 25.9. The van der Waals surface area contributed by atoms with Crippen molar-refractivity contribution >= 4 is 11.8 Å². The highest BCUT2D eigenvalue weighted by Crippen LogP contribution is 2.32. The lowest BCUT2D eigenvalue weighted by molar-refractivity contribution is -0.138. The number of hydrogen-bond acceptors (Lipinski definition) is 2. The first-order valence-corrected chi connectivity index (χ1v) is 7.00. The first-order chi connectivity index (χ1) is 8.40. The molecule has 2 amide bonds. The van der Waals surface area contributed by atoms with Crippen LogP contribution in [0.1, 0.15) is 46.5 Å². The van der Waals surface area contributed by atoms with Crippen molar-refractivity contribution < 1.29 is 9.59 Å². The molecule has 18 heavy (non-hydrogen) atoms. The molecule has 2 atom stereocenters. The maximum Gasteiger partial charge on any atom is 0.247 e. The van der Waals surface area contributed by atoms with E-state index in [1.807, 2.05) is 4.90 Å². The normalized spacial score (nSPS) is 32.3. The first-order valence-electron chi connectivity index (χ1n) is 7.00. The molecule has 0 aromatic heterocycles. The molecule has 1 aliphatic heterocycles. The number of hydrogen-bond donors (Lipinski definition) is 1. The summed E-state index contributed by atoms with van der Waals surface area (Å²) in [7, 11) is 0. The Kier molecular flexibility index (Phi) is 3.64. The third-order valence-electron chi connectivity index (χ3n) is 4.38. The van der Waals surface area contributed by atoms with Crippen LogP contribution in [0.15, 0.2) is 0 Å². The Morgan fingerprint density at radius 2 is 2.06 bits per heavy atom. The average molecular weight is 252 g/mol. The molecule has 2 rings (SSSR count). The van der Waals surface area contributed by atoms with Gasteiger partial charge >= 0.3 is 0 Å². The Bertz CT molecular complexity index is 352. The fourth-order valence-corrected chi connectivity index (χ4v) is 3.15. The van der Waals surface area contributed by atoms with Gasteiger partial charge in [-0.3, -0.25) is 9.59 Å². The molecule has 2 fully saturated rings. The lowest BCUT2D eigenvalue weighted by Gasteiger charge is -2.31. The summed E-state index contributed by atoms with van der Waals surface area (Å²) in [5.74, 6) is 1.36. The van der Waals surface area contributed by atoms with E-state index in [0.717, 1.165) is 6.54 Å². The number of nitrogens with one attached hydrogen (secondary N) is 1. The summed E-state index contributed by atoms with van der Waals surface area (Å²) in [6.07, 6.45) is 4.19. The Labute approximate surface area is 109 Å². The molecule has 1 saturated carbocycles. The van der Waals surface area contributed by atoms with Crippen molar-refractivity contribution in [3.05, 3.63) is 0 Å². The highest BCUT2D eigenvalue weighted by Gasteiger charge is 2.38. The highest BCUT2D eigenvalue weighted by atomic mass is 16.2. The predicted octanol–water partition coefficient (Wildman–Crippen LogP) is 1.55. The van der Waals surface area contributed by atoms with Crippen molar-refractivity contribution in [2.45, 2.75) is 52.0 Å². The minimum absolute atomic E-state index is 0.0182. The molecular weight excluding hydrogens is 228 g/mol. The SMILES string of the molecule is CC1CCCC1CN1CCC(=O)NC(C)(C)C1=O. The largest absolute Gasteiger partial charge is 0.342 e. The van der Waals surface area contributed by atoms with E-state index in [9.17, 15) is 9.59 Å². The molecule has 1 aliphatic carbocycles. The van der Waals surface area contributed by atoms with Crippen LogP contribution in [0.3, 0.4) is 0 Å². The van der Waals surface area contributed by atoms with Crippen LogP contribution in [0.4, 0.5) is 0 Å².